The zero-order valence-corrected chi connectivity index (χ0v) is 15.6. The number of carbonyl (C=O) groups excluding carboxylic acids is 2. The Morgan fingerprint density at radius 1 is 1.14 bits per heavy atom. The van der Waals surface area contributed by atoms with Gasteiger partial charge in [-0.1, -0.05) is 42.5 Å². The topological polar surface area (TPSA) is 95.9 Å². The third-order valence-corrected chi connectivity index (χ3v) is 4.89. The molecule has 3 rings (SSSR count). The molecule has 146 valence electrons. The highest BCUT2D eigenvalue weighted by atomic mass is 16.5. The third-order valence-electron chi connectivity index (χ3n) is 4.89. The number of aliphatic carboxylic acids is 1. The molecule has 7 heteroatoms. The van der Waals surface area contributed by atoms with Gasteiger partial charge in [-0.25, -0.2) is 0 Å². The van der Waals surface area contributed by atoms with Crippen LogP contribution in [0.3, 0.4) is 0 Å². The van der Waals surface area contributed by atoms with Crippen LogP contribution in [0.15, 0.2) is 54.6 Å². The van der Waals surface area contributed by atoms with Gasteiger partial charge in [-0.2, -0.15) is 0 Å². The SMILES string of the molecule is CC(CNC(=O)CCN1C(=O)COc2ccccc21)(C(=O)O)c1ccccc1. The van der Waals surface area contributed by atoms with E-state index >= 15 is 0 Å². The number of carboxylic acids is 1. The van der Waals surface area contributed by atoms with Gasteiger partial charge in [0.25, 0.3) is 5.91 Å². The van der Waals surface area contributed by atoms with E-state index in [4.69, 9.17) is 4.74 Å². The Hall–Kier alpha value is -3.35. The summed E-state index contributed by atoms with van der Waals surface area (Å²) >= 11 is 0. The fraction of sp³-hybridized carbons (Fsp3) is 0.286. The lowest BCUT2D eigenvalue weighted by molar-refractivity contribution is -0.143. The first-order valence-corrected chi connectivity index (χ1v) is 8.99. The molecule has 2 aromatic rings. The van der Waals surface area contributed by atoms with E-state index in [1.165, 1.54) is 4.90 Å². The molecule has 1 unspecified atom stereocenters. The fourth-order valence-corrected chi connectivity index (χ4v) is 3.08. The van der Waals surface area contributed by atoms with E-state index in [1.54, 1.807) is 49.4 Å². The van der Waals surface area contributed by atoms with Crippen molar-refractivity contribution in [2.45, 2.75) is 18.8 Å². The Morgan fingerprint density at radius 2 is 1.82 bits per heavy atom. The van der Waals surface area contributed by atoms with Gasteiger partial charge in [0.05, 0.1) is 5.69 Å². The molecule has 0 spiro atoms. The highest BCUT2D eigenvalue weighted by Gasteiger charge is 2.35. The molecule has 0 saturated carbocycles. The third kappa shape index (κ3) is 3.98. The van der Waals surface area contributed by atoms with Gasteiger partial charge in [-0.15, -0.1) is 0 Å². The number of hydrogen-bond donors (Lipinski definition) is 2. The maximum atomic E-state index is 12.3. The van der Waals surface area contributed by atoms with Gasteiger partial charge in [0, 0.05) is 19.5 Å². The van der Waals surface area contributed by atoms with Gasteiger partial charge in [-0.3, -0.25) is 14.4 Å². The van der Waals surface area contributed by atoms with Crippen LogP contribution in [0.25, 0.3) is 0 Å². The zero-order valence-electron chi connectivity index (χ0n) is 15.6. The summed E-state index contributed by atoms with van der Waals surface area (Å²) in [5.41, 5.74) is 0.00414. The normalized spacial score (nSPS) is 15.2. The Morgan fingerprint density at radius 3 is 2.54 bits per heavy atom. The Balaban J connectivity index is 1.62. The summed E-state index contributed by atoms with van der Waals surface area (Å²) in [5, 5.41) is 12.4. The van der Waals surface area contributed by atoms with Gasteiger partial charge in [-0.05, 0) is 24.6 Å². The van der Waals surface area contributed by atoms with Crippen molar-refractivity contribution in [2.75, 3.05) is 24.6 Å². The molecule has 0 fully saturated rings. The van der Waals surface area contributed by atoms with Crippen molar-refractivity contribution in [1.82, 2.24) is 5.32 Å². The molecule has 28 heavy (non-hydrogen) atoms. The summed E-state index contributed by atoms with van der Waals surface area (Å²) in [6.45, 7) is 1.66. The van der Waals surface area contributed by atoms with E-state index in [9.17, 15) is 19.5 Å². The predicted molar refractivity (Wildman–Crippen MR) is 103 cm³/mol. The minimum Gasteiger partial charge on any atom is -0.482 e. The monoisotopic (exact) mass is 382 g/mol. The van der Waals surface area contributed by atoms with Crippen LogP contribution in [-0.2, 0) is 19.8 Å². The molecule has 1 aliphatic rings. The van der Waals surface area contributed by atoms with Crippen molar-refractivity contribution in [3.05, 3.63) is 60.2 Å². The number of para-hydroxylation sites is 2. The number of nitrogens with zero attached hydrogens (tertiary/aromatic N) is 1. The van der Waals surface area contributed by atoms with Crippen molar-refractivity contribution < 1.29 is 24.2 Å². The molecular formula is C21H22N2O5. The van der Waals surface area contributed by atoms with Crippen LogP contribution in [0, 0.1) is 0 Å². The minimum absolute atomic E-state index is 0.0428. The lowest BCUT2D eigenvalue weighted by Gasteiger charge is -2.29. The summed E-state index contributed by atoms with van der Waals surface area (Å²) in [6, 6.07) is 15.9. The molecule has 0 bridgehead atoms. The molecule has 1 atom stereocenters. The molecule has 0 aliphatic carbocycles. The zero-order chi connectivity index (χ0) is 20.1. The second kappa shape index (κ2) is 8.12. The van der Waals surface area contributed by atoms with Gasteiger partial charge in [0.1, 0.15) is 11.2 Å². The van der Waals surface area contributed by atoms with Crippen molar-refractivity contribution >= 4 is 23.5 Å². The highest BCUT2D eigenvalue weighted by molar-refractivity contribution is 5.98. The first kappa shape index (κ1) is 19.4. The number of carbonyl (C=O) groups is 3. The molecule has 2 aromatic carbocycles. The van der Waals surface area contributed by atoms with Crippen molar-refractivity contribution in [3.63, 3.8) is 0 Å². The van der Waals surface area contributed by atoms with E-state index in [1.807, 2.05) is 12.1 Å². The van der Waals surface area contributed by atoms with Crippen LogP contribution in [-0.4, -0.2) is 42.6 Å². The van der Waals surface area contributed by atoms with Gasteiger partial charge in [0.15, 0.2) is 6.61 Å². The van der Waals surface area contributed by atoms with Crippen LogP contribution in [0.5, 0.6) is 5.75 Å². The van der Waals surface area contributed by atoms with Crippen LogP contribution >= 0.6 is 0 Å². The number of carboxylic acid groups (broad SMARTS) is 1. The minimum atomic E-state index is -1.24. The van der Waals surface area contributed by atoms with Crippen LogP contribution < -0.4 is 15.0 Å². The maximum Gasteiger partial charge on any atom is 0.315 e. The molecular weight excluding hydrogens is 360 g/mol. The number of benzene rings is 2. The number of hydrogen-bond acceptors (Lipinski definition) is 4. The number of fused-ring (bicyclic) bond motifs is 1. The van der Waals surface area contributed by atoms with Crippen molar-refractivity contribution in [1.29, 1.82) is 0 Å². The average molecular weight is 382 g/mol. The quantitative estimate of drug-likeness (QED) is 0.763. The first-order valence-electron chi connectivity index (χ1n) is 8.99. The molecule has 7 nitrogen and oxygen atoms in total. The fourth-order valence-electron chi connectivity index (χ4n) is 3.08. The summed E-state index contributed by atoms with van der Waals surface area (Å²) in [7, 11) is 0. The van der Waals surface area contributed by atoms with Crippen LogP contribution in [0.4, 0.5) is 5.69 Å². The smallest absolute Gasteiger partial charge is 0.315 e. The second-order valence-electron chi connectivity index (χ2n) is 6.83. The van der Waals surface area contributed by atoms with Crippen LogP contribution in [0.2, 0.25) is 0 Å². The van der Waals surface area contributed by atoms with Crippen molar-refractivity contribution in [3.8, 4) is 5.75 Å². The molecule has 1 aliphatic heterocycles. The van der Waals surface area contributed by atoms with E-state index in [0.29, 0.717) is 17.0 Å². The Bertz CT molecular complexity index is 883. The maximum absolute atomic E-state index is 12.3. The van der Waals surface area contributed by atoms with Gasteiger partial charge < -0.3 is 20.1 Å². The molecule has 0 aromatic heterocycles. The highest BCUT2D eigenvalue weighted by Crippen LogP contribution is 2.31. The van der Waals surface area contributed by atoms with E-state index in [2.05, 4.69) is 5.32 Å². The number of anilines is 1. The van der Waals surface area contributed by atoms with E-state index in [0.717, 1.165) is 0 Å². The average Bonchev–Trinajstić information content (AvgIpc) is 2.71. The number of rotatable bonds is 7. The summed E-state index contributed by atoms with van der Waals surface area (Å²) in [5.74, 6) is -0.951. The standard InChI is InChI=1S/C21H22N2O5/c1-21(20(26)27,15-7-3-2-4-8-15)14-22-18(24)11-12-23-16-9-5-6-10-17(16)28-13-19(23)25/h2-10H,11-14H2,1H3,(H,22,24)(H,26,27). The van der Waals surface area contributed by atoms with Crippen LogP contribution in [0.1, 0.15) is 18.9 Å². The molecule has 2 N–H and O–H groups in total. The van der Waals surface area contributed by atoms with Crippen molar-refractivity contribution in [2.24, 2.45) is 0 Å². The van der Waals surface area contributed by atoms with Gasteiger partial charge >= 0.3 is 5.97 Å². The first-order chi connectivity index (χ1) is 13.4. The molecule has 0 radical (unpaired) electrons. The Kier molecular flexibility index (Phi) is 5.63. The number of ether oxygens (including phenoxy) is 1. The van der Waals surface area contributed by atoms with E-state index in [-0.39, 0.29) is 37.9 Å². The van der Waals surface area contributed by atoms with E-state index < -0.39 is 11.4 Å². The molecule has 1 heterocycles. The number of nitrogens with one attached hydrogen (secondary N) is 1. The predicted octanol–water partition coefficient (Wildman–Crippen LogP) is 1.96. The second-order valence-corrected chi connectivity index (χ2v) is 6.83. The Labute approximate surface area is 162 Å². The lowest BCUT2D eigenvalue weighted by Crippen LogP contribution is -2.45. The summed E-state index contributed by atoms with van der Waals surface area (Å²) in [4.78, 5) is 37.8. The number of amides is 2. The summed E-state index contributed by atoms with van der Waals surface area (Å²) in [6.07, 6.45) is 0.0601. The van der Waals surface area contributed by atoms with Gasteiger partial charge in [0.2, 0.25) is 5.91 Å². The largest absolute Gasteiger partial charge is 0.482 e. The summed E-state index contributed by atoms with van der Waals surface area (Å²) < 4.78 is 5.38. The molecule has 2 amide bonds. The molecule has 0 saturated heterocycles. The lowest BCUT2D eigenvalue weighted by atomic mass is 9.82.